The van der Waals surface area contributed by atoms with E-state index in [2.05, 4.69) is 15.7 Å². The number of nitrogens with one attached hydrogen (secondary N) is 2. The minimum absolute atomic E-state index is 0.0167. The third kappa shape index (κ3) is 6.58. The van der Waals surface area contributed by atoms with E-state index < -0.39 is 6.09 Å². The van der Waals surface area contributed by atoms with Crippen LogP contribution in [0.5, 0.6) is 0 Å². The number of hydrogen-bond acceptors (Lipinski definition) is 6. The van der Waals surface area contributed by atoms with Crippen molar-refractivity contribution in [2.24, 2.45) is 0 Å². The zero-order chi connectivity index (χ0) is 19.6. The summed E-state index contributed by atoms with van der Waals surface area (Å²) in [7, 11) is 0. The Morgan fingerprint density at radius 2 is 2.07 bits per heavy atom. The van der Waals surface area contributed by atoms with Crippen LogP contribution in [-0.4, -0.2) is 35.1 Å². The van der Waals surface area contributed by atoms with Gasteiger partial charge in [0.15, 0.2) is 0 Å². The molecule has 0 aliphatic rings. The minimum Gasteiger partial charge on any atom is -0.447 e. The van der Waals surface area contributed by atoms with Crippen molar-refractivity contribution in [2.45, 2.75) is 13.5 Å². The van der Waals surface area contributed by atoms with Crippen LogP contribution in [0.4, 0.5) is 10.6 Å². The number of nitrogens with zero attached hydrogens (tertiary/aromatic N) is 3. The van der Waals surface area contributed by atoms with E-state index in [9.17, 15) is 9.59 Å². The van der Waals surface area contributed by atoms with Crippen LogP contribution in [-0.2, 0) is 16.1 Å². The summed E-state index contributed by atoms with van der Waals surface area (Å²) in [5.41, 5.74) is 4.19. The Bertz CT molecular complexity index is 836. The normalized spacial score (nSPS) is 9.96. The van der Waals surface area contributed by atoms with Crippen LogP contribution < -0.4 is 10.7 Å². The maximum Gasteiger partial charge on any atom is 0.412 e. The number of rotatable bonds is 7. The maximum atomic E-state index is 11.8. The summed E-state index contributed by atoms with van der Waals surface area (Å²) in [5, 5.41) is 13.1. The van der Waals surface area contributed by atoms with E-state index in [1.165, 1.54) is 30.3 Å². The van der Waals surface area contributed by atoms with Gasteiger partial charge in [-0.3, -0.25) is 15.1 Å². The molecule has 1 heterocycles. The van der Waals surface area contributed by atoms with Gasteiger partial charge in [-0.05, 0) is 23.8 Å². The van der Waals surface area contributed by atoms with Crippen LogP contribution in [0, 0.1) is 11.3 Å². The van der Waals surface area contributed by atoms with Crippen molar-refractivity contribution in [1.82, 2.24) is 15.4 Å². The Morgan fingerprint density at radius 3 is 2.70 bits per heavy atom. The molecule has 0 bridgehead atoms. The van der Waals surface area contributed by atoms with Gasteiger partial charge in [0.1, 0.15) is 18.5 Å². The van der Waals surface area contributed by atoms with Crippen molar-refractivity contribution < 1.29 is 14.3 Å². The van der Waals surface area contributed by atoms with Crippen LogP contribution in [0.2, 0.25) is 5.02 Å². The summed E-state index contributed by atoms with van der Waals surface area (Å²) in [6.07, 6.45) is 0.632. The quantitative estimate of drug-likeness (QED) is 0.707. The molecule has 0 saturated heterocycles. The monoisotopic (exact) mass is 387 g/mol. The van der Waals surface area contributed by atoms with E-state index in [1.54, 1.807) is 6.07 Å². The average molecular weight is 388 g/mol. The van der Waals surface area contributed by atoms with E-state index in [-0.39, 0.29) is 24.9 Å². The number of anilines is 1. The van der Waals surface area contributed by atoms with Gasteiger partial charge < -0.3 is 4.74 Å². The second kappa shape index (κ2) is 10.1. The predicted molar refractivity (Wildman–Crippen MR) is 99.6 cm³/mol. The molecule has 2 amide bonds. The molecule has 27 heavy (non-hydrogen) atoms. The van der Waals surface area contributed by atoms with Gasteiger partial charge in [-0.2, -0.15) is 5.26 Å². The summed E-state index contributed by atoms with van der Waals surface area (Å²) >= 11 is 6.08. The first-order valence-corrected chi connectivity index (χ1v) is 8.42. The minimum atomic E-state index is -0.707. The lowest BCUT2D eigenvalue weighted by Crippen LogP contribution is -2.43. The van der Waals surface area contributed by atoms with Gasteiger partial charge >= 0.3 is 6.09 Å². The third-order valence-electron chi connectivity index (χ3n) is 3.47. The highest BCUT2D eigenvalue weighted by atomic mass is 35.5. The lowest BCUT2D eigenvalue weighted by Gasteiger charge is -2.22. The molecule has 9 heteroatoms. The lowest BCUT2D eigenvalue weighted by atomic mass is 10.2. The Kier molecular flexibility index (Phi) is 7.55. The van der Waals surface area contributed by atoms with Crippen molar-refractivity contribution in [2.75, 3.05) is 18.5 Å². The molecule has 2 N–H and O–H groups in total. The number of pyridine rings is 1. The van der Waals surface area contributed by atoms with Gasteiger partial charge in [-0.1, -0.05) is 29.8 Å². The Labute approximate surface area is 161 Å². The van der Waals surface area contributed by atoms with Crippen molar-refractivity contribution in [1.29, 1.82) is 5.26 Å². The van der Waals surface area contributed by atoms with Crippen LogP contribution in [0.15, 0.2) is 42.6 Å². The summed E-state index contributed by atoms with van der Waals surface area (Å²) in [6.45, 7) is 1.91. The van der Waals surface area contributed by atoms with Crippen LogP contribution in [0.3, 0.4) is 0 Å². The van der Waals surface area contributed by atoms with Crippen molar-refractivity contribution in [3.8, 4) is 6.07 Å². The molecule has 0 saturated carbocycles. The molecule has 0 atom stereocenters. The number of ether oxygens (including phenoxy) is 1. The molecule has 0 aliphatic heterocycles. The highest BCUT2D eigenvalue weighted by Gasteiger charge is 2.11. The van der Waals surface area contributed by atoms with Gasteiger partial charge in [0.25, 0.3) is 0 Å². The predicted octanol–water partition coefficient (Wildman–Crippen LogP) is 2.71. The van der Waals surface area contributed by atoms with E-state index in [1.807, 2.05) is 24.3 Å². The van der Waals surface area contributed by atoms with Crippen LogP contribution in [0.25, 0.3) is 0 Å². The molecule has 1 aromatic carbocycles. The smallest absolute Gasteiger partial charge is 0.412 e. The topological polar surface area (TPSA) is 107 Å². The van der Waals surface area contributed by atoms with Gasteiger partial charge in [-0.15, -0.1) is 0 Å². The Morgan fingerprint density at radius 1 is 1.30 bits per heavy atom. The molecule has 0 fully saturated rings. The van der Waals surface area contributed by atoms with Crippen molar-refractivity contribution >= 4 is 29.4 Å². The average Bonchev–Trinajstić information content (AvgIpc) is 2.66. The summed E-state index contributed by atoms with van der Waals surface area (Å²) in [4.78, 5) is 27.4. The fourth-order valence-electron chi connectivity index (χ4n) is 2.07. The first-order valence-electron chi connectivity index (χ1n) is 8.04. The second-order valence-corrected chi connectivity index (χ2v) is 5.81. The highest BCUT2D eigenvalue weighted by Crippen LogP contribution is 2.14. The number of hydrogen-bond donors (Lipinski definition) is 2. The van der Waals surface area contributed by atoms with E-state index in [0.717, 1.165) is 5.56 Å². The van der Waals surface area contributed by atoms with Crippen LogP contribution in [0.1, 0.15) is 18.1 Å². The highest BCUT2D eigenvalue weighted by molar-refractivity contribution is 6.31. The molecule has 0 radical (unpaired) electrons. The third-order valence-corrected chi connectivity index (χ3v) is 3.84. The molecule has 0 aliphatic carbocycles. The molecule has 0 spiro atoms. The molecule has 2 aromatic rings. The summed E-state index contributed by atoms with van der Waals surface area (Å²) in [6, 6.07) is 12.2. The molecule has 0 unspecified atom stereocenters. The molecular weight excluding hydrogens is 370 g/mol. The van der Waals surface area contributed by atoms with Gasteiger partial charge in [0.05, 0.1) is 12.1 Å². The molecule has 140 valence electrons. The summed E-state index contributed by atoms with van der Waals surface area (Å²) < 4.78 is 5.04. The zero-order valence-electron chi connectivity index (χ0n) is 14.6. The largest absolute Gasteiger partial charge is 0.447 e. The van der Waals surface area contributed by atoms with Crippen LogP contribution >= 0.6 is 11.6 Å². The van der Waals surface area contributed by atoms with Gasteiger partial charge in [0.2, 0.25) is 5.91 Å². The molecular formula is C18H18ClN5O3. The first kappa shape index (κ1) is 20.2. The number of hydrazine groups is 1. The summed E-state index contributed by atoms with van der Waals surface area (Å²) in [5.74, 6) is 0.0408. The number of benzene rings is 1. The number of carbonyl (C=O) groups is 2. The fraction of sp³-hybridized carbons (Fsp3) is 0.222. The number of carbonyl (C=O) groups excluding carboxylic acids is 2. The van der Waals surface area contributed by atoms with Crippen molar-refractivity contribution in [3.63, 3.8) is 0 Å². The molecule has 8 nitrogen and oxygen atoms in total. The lowest BCUT2D eigenvalue weighted by molar-refractivity contribution is -0.132. The van der Waals surface area contributed by atoms with Gasteiger partial charge in [0, 0.05) is 24.7 Å². The van der Waals surface area contributed by atoms with E-state index in [0.29, 0.717) is 17.1 Å². The Hall–Kier alpha value is -3.15. The number of halogens is 1. The second-order valence-electron chi connectivity index (χ2n) is 5.40. The Balaban J connectivity index is 1.78. The SMILES string of the molecule is CC(=O)N(CCOC(=O)Nc1ccc(C#N)cn1)NCc1ccccc1Cl. The number of amides is 2. The van der Waals surface area contributed by atoms with Gasteiger partial charge in [-0.25, -0.2) is 15.2 Å². The molecule has 1 aromatic heterocycles. The number of aromatic nitrogens is 1. The first-order chi connectivity index (χ1) is 13.0. The number of nitriles is 1. The van der Waals surface area contributed by atoms with E-state index >= 15 is 0 Å². The maximum absolute atomic E-state index is 11.8. The molecule has 2 rings (SSSR count). The van der Waals surface area contributed by atoms with Crippen molar-refractivity contribution in [3.05, 3.63) is 58.7 Å². The zero-order valence-corrected chi connectivity index (χ0v) is 15.4. The van der Waals surface area contributed by atoms with E-state index in [4.69, 9.17) is 21.6 Å². The fourth-order valence-corrected chi connectivity index (χ4v) is 2.28. The standard InChI is InChI=1S/C18H18ClN5O3/c1-13(25)24(22-12-15-4-2-3-5-16(15)19)8-9-27-18(26)23-17-7-6-14(10-20)11-21-17/h2-7,11,22H,8-9,12H2,1H3,(H,21,23,26).